The van der Waals surface area contributed by atoms with E-state index < -0.39 is 13.0 Å². The summed E-state index contributed by atoms with van der Waals surface area (Å²) in [5.41, 5.74) is 3.58. The molecule has 0 spiro atoms. The molecule has 2 heterocycles. The lowest BCUT2D eigenvalue weighted by atomic mass is 10.2. The van der Waals surface area contributed by atoms with Crippen molar-refractivity contribution in [3.8, 4) is 0 Å². The fraction of sp³-hybridized carbons (Fsp3) is 0.455. The Bertz CT molecular complexity index is 588. The predicted molar refractivity (Wildman–Crippen MR) is 70.4 cm³/mol. The molecule has 0 fully saturated rings. The molecular formula is C11H14F2N4OS. The van der Waals surface area contributed by atoms with Gasteiger partial charge >= 0.3 is 0 Å². The average Bonchev–Trinajstić information content (AvgIpc) is 2.64. The van der Waals surface area contributed by atoms with Crippen LogP contribution in [0.5, 0.6) is 0 Å². The third kappa shape index (κ3) is 2.96. The summed E-state index contributed by atoms with van der Waals surface area (Å²) in [6.07, 6.45) is -2.50. The Kier molecular flexibility index (Phi) is 4.23. The van der Waals surface area contributed by atoms with Gasteiger partial charge in [0.25, 0.3) is 6.43 Å². The molecule has 2 aromatic rings. The fourth-order valence-electron chi connectivity index (χ4n) is 1.70. The Morgan fingerprint density at radius 1 is 1.37 bits per heavy atom. The first kappa shape index (κ1) is 14.0. The SMILES string of the molecule is Cc1sc2nc(COCC(F)F)nc(NN)c2c1C. The topological polar surface area (TPSA) is 73.1 Å². The van der Waals surface area contributed by atoms with Crippen molar-refractivity contribution in [3.63, 3.8) is 0 Å². The quantitative estimate of drug-likeness (QED) is 0.653. The van der Waals surface area contributed by atoms with E-state index in [2.05, 4.69) is 15.4 Å². The van der Waals surface area contributed by atoms with Gasteiger partial charge in [0.2, 0.25) is 0 Å². The van der Waals surface area contributed by atoms with Gasteiger partial charge in [0.1, 0.15) is 18.0 Å². The van der Waals surface area contributed by atoms with Gasteiger partial charge in [0.05, 0.1) is 5.39 Å². The number of hydrazine groups is 1. The van der Waals surface area contributed by atoms with E-state index in [9.17, 15) is 8.78 Å². The number of ether oxygens (including phenoxy) is 1. The maximum atomic E-state index is 12.0. The Hall–Kier alpha value is -1.38. The lowest BCUT2D eigenvalue weighted by molar-refractivity contribution is 0.00781. The molecule has 5 nitrogen and oxygen atoms in total. The first-order valence-corrected chi connectivity index (χ1v) is 6.43. The summed E-state index contributed by atoms with van der Waals surface area (Å²) in [7, 11) is 0. The molecule has 0 saturated carbocycles. The Morgan fingerprint density at radius 2 is 2.11 bits per heavy atom. The first-order chi connectivity index (χ1) is 9.02. The fourth-order valence-corrected chi connectivity index (χ4v) is 2.75. The van der Waals surface area contributed by atoms with E-state index in [0.717, 1.165) is 20.7 Å². The molecule has 3 N–H and O–H groups in total. The molecule has 2 rings (SSSR count). The highest BCUT2D eigenvalue weighted by atomic mass is 32.1. The lowest BCUT2D eigenvalue weighted by Crippen LogP contribution is -2.12. The number of halogens is 2. The molecule has 0 aromatic carbocycles. The van der Waals surface area contributed by atoms with Crippen molar-refractivity contribution in [3.05, 3.63) is 16.3 Å². The van der Waals surface area contributed by atoms with Crippen LogP contribution >= 0.6 is 11.3 Å². The monoisotopic (exact) mass is 288 g/mol. The zero-order valence-corrected chi connectivity index (χ0v) is 11.4. The molecule has 0 radical (unpaired) electrons. The van der Waals surface area contributed by atoms with Crippen LogP contribution in [-0.4, -0.2) is 23.0 Å². The van der Waals surface area contributed by atoms with Crippen molar-refractivity contribution < 1.29 is 13.5 Å². The van der Waals surface area contributed by atoms with Gasteiger partial charge < -0.3 is 10.2 Å². The molecule has 0 bridgehead atoms. The van der Waals surface area contributed by atoms with Crippen molar-refractivity contribution >= 4 is 27.4 Å². The molecule has 0 aliphatic rings. The number of nitrogens with zero attached hydrogens (tertiary/aromatic N) is 2. The normalized spacial score (nSPS) is 11.5. The smallest absolute Gasteiger partial charge is 0.261 e. The Balaban J connectivity index is 2.32. The molecule has 19 heavy (non-hydrogen) atoms. The van der Waals surface area contributed by atoms with Crippen LogP contribution in [0.15, 0.2) is 0 Å². The highest BCUT2D eigenvalue weighted by Crippen LogP contribution is 2.32. The summed E-state index contributed by atoms with van der Waals surface area (Å²) in [5.74, 6) is 6.27. The number of alkyl halides is 2. The minimum Gasteiger partial charge on any atom is -0.368 e. The highest BCUT2D eigenvalue weighted by Gasteiger charge is 2.14. The minimum atomic E-state index is -2.50. The van der Waals surface area contributed by atoms with Crippen LogP contribution in [0.4, 0.5) is 14.6 Å². The van der Waals surface area contributed by atoms with Crippen LogP contribution in [0.1, 0.15) is 16.3 Å². The van der Waals surface area contributed by atoms with Gasteiger partial charge in [-0.3, -0.25) is 0 Å². The molecule has 8 heteroatoms. The molecule has 0 unspecified atom stereocenters. The maximum Gasteiger partial charge on any atom is 0.261 e. The molecule has 0 aliphatic heterocycles. The highest BCUT2D eigenvalue weighted by molar-refractivity contribution is 7.18. The summed E-state index contributed by atoms with van der Waals surface area (Å²) in [4.78, 5) is 10.4. The second kappa shape index (κ2) is 5.72. The molecule has 0 amide bonds. The number of thiophene rings is 1. The van der Waals surface area contributed by atoms with Gasteiger partial charge in [-0.15, -0.1) is 11.3 Å². The Morgan fingerprint density at radius 3 is 2.74 bits per heavy atom. The largest absolute Gasteiger partial charge is 0.368 e. The number of rotatable bonds is 5. The van der Waals surface area contributed by atoms with E-state index in [1.54, 1.807) is 0 Å². The number of aryl methyl sites for hydroxylation is 2. The zero-order valence-electron chi connectivity index (χ0n) is 10.5. The van der Waals surface area contributed by atoms with Gasteiger partial charge in [0.15, 0.2) is 11.6 Å². The number of aromatic nitrogens is 2. The van der Waals surface area contributed by atoms with Gasteiger partial charge in [-0.25, -0.2) is 24.6 Å². The second-order valence-electron chi connectivity index (χ2n) is 4.00. The van der Waals surface area contributed by atoms with E-state index in [0.29, 0.717) is 11.6 Å². The predicted octanol–water partition coefficient (Wildman–Crippen LogP) is 2.38. The number of fused-ring (bicyclic) bond motifs is 1. The standard InChI is InChI=1S/C11H14F2N4OS/c1-5-6(2)19-11-9(5)10(17-14)15-8(16-11)4-18-3-7(12)13/h7H,3-4,14H2,1-2H3,(H,15,16,17). The Labute approximate surface area is 112 Å². The summed E-state index contributed by atoms with van der Waals surface area (Å²) in [6.45, 7) is 3.25. The van der Waals surface area contributed by atoms with E-state index in [4.69, 9.17) is 10.6 Å². The van der Waals surface area contributed by atoms with Crippen molar-refractivity contribution in [1.82, 2.24) is 9.97 Å². The third-order valence-electron chi connectivity index (χ3n) is 2.69. The zero-order chi connectivity index (χ0) is 14.0. The van der Waals surface area contributed by atoms with E-state index >= 15 is 0 Å². The molecular weight excluding hydrogens is 274 g/mol. The van der Waals surface area contributed by atoms with Crippen molar-refractivity contribution in [1.29, 1.82) is 0 Å². The lowest BCUT2D eigenvalue weighted by Gasteiger charge is -2.06. The van der Waals surface area contributed by atoms with E-state index in [1.807, 2.05) is 13.8 Å². The summed E-state index contributed by atoms with van der Waals surface area (Å²) >= 11 is 1.51. The average molecular weight is 288 g/mol. The van der Waals surface area contributed by atoms with Crippen LogP contribution in [-0.2, 0) is 11.3 Å². The van der Waals surface area contributed by atoms with Crippen LogP contribution in [0.3, 0.4) is 0 Å². The van der Waals surface area contributed by atoms with Gasteiger partial charge in [0, 0.05) is 4.88 Å². The summed E-state index contributed by atoms with van der Waals surface area (Å²) in [6, 6.07) is 0. The van der Waals surface area contributed by atoms with Gasteiger partial charge in [-0.05, 0) is 19.4 Å². The molecule has 2 aromatic heterocycles. The van der Waals surface area contributed by atoms with Crippen molar-refractivity contribution in [2.24, 2.45) is 5.84 Å². The molecule has 0 atom stereocenters. The minimum absolute atomic E-state index is 0.0645. The molecule has 0 saturated heterocycles. The maximum absolute atomic E-state index is 12.0. The van der Waals surface area contributed by atoms with Crippen LogP contribution in [0, 0.1) is 13.8 Å². The third-order valence-corrected chi connectivity index (χ3v) is 3.79. The number of anilines is 1. The second-order valence-corrected chi connectivity index (χ2v) is 5.21. The summed E-state index contributed by atoms with van der Waals surface area (Å²) in [5, 5.41) is 0.864. The number of nitrogens with two attached hydrogens (primary N) is 1. The molecule has 104 valence electrons. The van der Waals surface area contributed by atoms with E-state index in [1.165, 1.54) is 11.3 Å². The van der Waals surface area contributed by atoms with Crippen LogP contribution in [0.25, 0.3) is 10.2 Å². The number of nitrogens with one attached hydrogen (secondary N) is 1. The summed E-state index contributed by atoms with van der Waals surface area (Å²) < 4.78 is 28.8. The number of hydrogen-bond acceptors (Lipinski definition) is 6. The molecule has 0 aliphatic carbocycles. The van der Waals surface area contributed by atoms with Crippen molar-refractivity contribution in [2.45, 2.75) is 26.9 Å². The van der Waals surface area contributed by atoms with Crippen LogP contribution in [0.2, 0.25) is 0 Å². The van der Waals surface area contributed by atoms with E-state index in [-0.39, 0.29) is 6.61 Å². The van der Waals surface area contributed by atoms with Gasteiger partial charge in [-0.1, -0.05) is 0 Å². The first-order valence-electron chi connectivity index (χ1n) is 5.62. The van der Waals surface area contributed by atoms with Crippen LogP contribution < -0.4 is 11.3 Å². The van der Waals surface area contributed by atoms with Crippen molar-refractivity contribution in [2.75, 3.05) is 12.0 Å². The number of hydrogen-bond donors (Lipinski definition) is 2. The van der Waals surface area contributed by atoms with Gasteiger partial charge in [-0.2, -0.15) is 0 Å². The number of nitrogen functional groups attached to an aromatic ring is 1.